The largest absolute Gasteiger partial charge is 0.308 e. The Hall–Kier alpha value is -1.16. The highest BCUT2D eigenvalue weighted by atomic mass is 32.2. The highest BCUT2D eigenvalue weighted by molar-refractivity contribution is 7.92. The Kier molecular flexibility index (Phi) is 5.90. The lowest BCUT2D eigenvalue weighted by Crippen LogP contribution is -2.38. The van der Waals surface area contributed by atoms with Gasteiger partial charge in [0.05, 0.1) is 16.3 Å². The molecule has 0 radical (unpaired) electrons. The third kappa shape index (κ3) is 4.47. The highest BCUT2D eigenvalue weighted by Gasteiger charge is 2.27. The summed E-state index contributed by atoms with van der Waals surface area (Å²) in [5, 5.41) is 0. The van der Waals surface area contributed by atoms with Crippen molar-refractivity contribution >= 4 is 25.7 Å². The second-order valence-electron chi connectivity index (χ2n) is 6.25. The molecule has 0 bridgehead atoms. The molecule has 0 aromatic heterocycles. The van der Waals surface area contributed by atoms with Crippen LogP contribution in [-0.2, 0) is 20.0 Å². The van der Waals surface area contributed by atoms with Crippen LogP contribution in [0.3, 0.4) is 0 Å². The molecule has 0 saturated carbocycles. The van der Waals surface area contributed by atoms with Gasteiger partial charge in [-0.1, -0.05) is 6.07 Å². The molecule has 1 aliphatic rings. The van der Waals surface area contributed by atoms with Crippen LogP contribution in [0.5, 0.6) is 0 Å². The zero-order valence-corrected chi connectivity index (χ0v) is 16.0. The molecule has 0 aliphatic carbocycles. The van der Waals surface area contributed by atoms with Crippen molar-refractivity contribution in [2.75, 3.05) is 43.8 Å². The predicted octanol–water partition coefficient (Wildman–Crippen LogP) is 0.765. The van der Waals surface area contributed by atoms with Crippen molar-refractivity contribution in [2.24, 2.45) is 0 Å². The fraction of sp³-hybridized carbons (Fsp3) is 0.600. The van der Waals surface area contributed by atoms with Crippen LogP contribution in [0, 0.1) is 6.92 Å². The number of benzene rings is 1. The Morgan fingerprint density at radius 2 is 1.96 bits per heavy atom. The monoisotopic (exact) mass is 375 g/mol. The van der Waals surface area contributed by atoms with E-state index in [1.54, 1.807) is 19.1 Å². The fourth-order valence-electron chi connectivity index (χ4n) is 2.59. The Morgan fingerprint density at radius 3 is 2.58 bits per heavy atom. The van der Waals surface area contributed by atoms with Crippen LogP contribution in [0.1, 0.15) is 18.4 Å². The maximum Gasteiger partial charge on any atom is 0.240 e. The average Bonchev–Trinajstić information content (AvgIpc) is 2.47. The summed E-state index contributed by atoms with van der Waals surface area (Å²) in [4.78, 5) is 2.01. The normalized spacial score (nSPS) is 18.1. The van der Waals surface area contributed by atoms with Crippen LogP contribution in [0.25, 0.3) is 0 Å². The lowest BCUT2D eigenvalue weighted by molar-refractivity contribution is 0.412. The number of hydrogen-bond donors (Lipinski definition) is 1. The molecule has 2 rings (SSSR count). The first-order chi connectivity index (χ1) is 11.1. The maximum atomic E-state index is 12.5. The SMILES string of the molecule is Cc1ccc(N2CCCCS2(=O)=O)cc1S(=O)(=O)NCCN(C)C. The van der Waals surface area contributed by atoms with Crippen molar-refractivity contribution in [3.05, 3.63) is 23.8 Å². The molecular weight excluding hydrogens is 350 g/mol. The lowest BCUT2D eigenvalue weighted by Gasteiger charge is -2.28. The minimum atomic E-state index is -3.68. The third-order valence-electron chi connectivity index (χ3n) is 3.95. The van der Waals surface area contributed by atoms with Crippen molar-refractivity contribution in [1.29, 1.82) is 0 Å². The number of sulfonamides is 2. The second-order valence-corrected chi connectivity index (χ2v) is 9.99. The molecule has 0 unspecified atom stereocenters. The van der Waals surface area contributed by atoms with Crippen LogP contribution in [-0.4, -0.2) is 61.2 Å². The van der Waals surface area contributed by atoms with Crippen LogP contribution in [0.4, 0.5) is 5.69 Å². The summed E-state index contributed by atoms with van der Waals surface area (Å²) in [5.74, 6) is 0.101. The number of nitrogens with one attached hydrogen (secondary N) is 1. The number of likely N-dealkylation sites (N-methyl/N-ethyl adjacent to an activating group) is 1. The van der Waals surface area contributed by atoms with Crippen molar-refractivity contribution in [3.63, 3.8) is 0 Å². The summed E-state index contributed by atoms with van der Waals surface area (Å²) in [6.07, 6.45) is 1.41. The molecule has 9 heteroatoms. The van der Waals surface area contributed by atoms with E-state index < -0.39 is 20.0 Å². The van der Waals surface area contributed by atoms with E-state index in [1.165, 1.54) is 10.4 Å². The first-order valence-corrected chi connectivity index (χ1v) is 11.0. The maximum absolute atomic E-state index is 12.5. The molecular formula is C15H25N3O4S2. The summed E-state index contributed by atoms with van der Waals surface area (Å²) in [6.45, 7) is 2.97. The standard InChI is InChI=1S/C15H25N3O4S2/c1-13-6-7-14(18-9-4-5-11-23(18,19)20)12-15(13)24(21,22)16-8-10-17(2)3/h6-7,12,16H,4-5,8-11H2,1-3H3. The first-order valence-electron chi connectivity index (χ1n) is 7.89. The van der Waals surface area contributed by atoms with Crippen molar-refractivity contribution in [3.8, 4) is 0 Å². The fourth-order valence-corrected chi connectivity index (χ4v) is 5.51. The molecule has 0 amide bonds. The second kappa shape index (κ2) is 7.38. The molecule has 1 fully saturated rings. The summed E-state index contributed by atoms with van der Waals surface area (Å²) >= 11 is 0. The Morgan fingerprint density at radius 1 is 1.25 bits per heavy atom. The summed E-state index contributed by atoms with van der Waals surface area (Å²) in [5.41, 5.74) is 0.999. The van der Waals surface area contributed by atoms with E-state index in [4.69, 9.17) is 0 Å². The molecule has 1 N–H and O–H groups in total. The van der Waals surface area contributed by atoms with Gasteiger partial charge in [-0.3, -0.25) is 4.31 Å². The van der Waals surface area contributed by atoms with Gasteiger partial charge in [-0.05, 0) is 51.6 Å². The first kappa shape index (κ1) is 19.2. The predicted molar refractivity (Wildman–Crippen MR) is 95.3 cm³/mol. The minimum absolute atomic E-state index is 0.101. The van der Waals surface area contributed by atoms with Crippen molar-refractivity contribution < 1.29 is 16.8 Å². The van der Waals surface area contributed by atoms with Crippen LogP contribution >= 0.6 is 0 Å². The van der Waals surface area contributed by atoms with E-state index in [-0.39, 0.29) is 10.6 Å². The van der Waals surface area contributed by atoms with E-state index in [1.807, 2.05) is 19.0 Å². The molecule has 1 saturated heterocycles. The quantitative estimate of drug-likeness (QED) is 0.793. The molecule has 1 heterocycles. The highest BCUT2D eigenvalue weighted by Crippen LogP contribution is 2.27. The number of rotatable bonds is 6. The van der Waals surface area contributed by atoms with E-state index in [9.17, 15) is 16.8 Å². The van der Waals surface area contributed by atoms with Gasteiger partial charge < -0.3 is 4.90 Å². The molecule has 1 aliphatic heterocycles. The zero-order chi connectivity index (χ0) is 18.0. The van der Waals surface area contributed by atoms with Gasteiger partial charge in [0.1, 0.15) is 0 Å². The molecule has 136 valence electrons. The van der Waals surface area contributed by atoms with Gasteiger partial charge in [-0.2, -0.15) is 0 Å². The van der Waals surface area contributed by atoms with E-state index >= 15 is 0 Å². The third-order valence-corrected chi connectivity index (χ3v) is 7.42. The average molecular weight is 376 g/mol. The van der Waals surface area contributed by atoms with Crippen LogP contribution < -0.4 is 9.03 Å². The van der Waals surface area contributed by atoms with Crippen molar-refractivity contribution in [2.45, 2.75) is 24.7 Å². The van der Waals surface area contributed by atoms with Gasteiger partial charge in [0.25, 0.3) is 0 Å². The number of anilines is 1. The van der Waals surface area contributed by atoms with Gasteiger partial charge in [-0.25, -0.2) is 21.6 Å². The number of hydrogen-bond acceptors (Lipinski definition) is 5. The van der Waals surface area contributed by atoms with E-state index in [0.717, 1.165) is 6.42 Å². The summed E-state index contributed by atoms with van der Waals surface area (Å²) in [6, 6.07) is 4.77. The van der Waals surface area contributed by atoms with Crippen LogP contribution in [0.15, 0.2) is 23.1 Å². The lowest BCUT2D eigenvalue weighted by atomic mass is 10.2. The number of nitrogens with zero attached hydrogens (tertiary/aromatic N) is 2. The van der Waals surface area contributed by atoms with Gasteiger partial charge in [0.2, 0.25) is 20.0 Å². The smallest absolute Gasteiger partial charge is 0.240 e. The van der Waals surface area contributed by atoms with E-state index in [2.05, 4.69) is 4.72 Å². The van der Waals surface area contributed by atoms with Gasteiger partial charge in [0, 0.05) is 19.6 Å². The van der Waals surface area contributed by atoms with Crippen LogP contribution in [0.2, 0.25) is 0 Å². The van der Waals surface area contributed by atoms with Gasteiger partial charge in [-0.15, -0.1) is 0 Å². The molecule has 1 aromatic carbocycles. The molecule has 7 nitrogen and oxygen atoms in total. The topological polar surface area (TPSA) is 86.8 Å². The van der Waals surface area contributed by atoms with Crippen molar-refractivity contribution in [1.82, 2.24) is 9.62 Å². The molecule has 24 heavy (non-hydrogen) atoms. The number of aryl methyl sites for hydroxylation is 1. The Bertz CT molecular complexity index is 789. The van der Waals surface area contributed by atoms with E-state index in [0.29, 0.717) is 37.3 Å². The molecule has 1 aromatic rings. The Balaban J connectivity index is 2.31. The summed E-state index contributed by atoms with van der Waals surface area (Å²) < 4.78 is 53.4. The van der Waals surface area contributed by atoms with Gasteiger partial charge in [0.15, 0.2) is 0 Å². The summed E-state index contributed by atoms with van der Waals surface area (Å²) in [7, 11) is -3.33. The molecule has 0 atom stereocenters. The van der Waals surface area contributed by atoms with Gasteiger partial charge >= 0.3 is 0 Å². The zero-order valence-electron chi connectivity index (χ0n) is 14.3. The molecule has 0 spiro atoms. The Labute approximate surface area is 144 Å². The minimum Gasteiger partial charge on any atom is -0.308 e.